The summed E-state index contributed by atoms with van der Waals surface area (Å²) in [7, 11) is 1.69. The Morgan fingerprint density at radius 3 is 2.93 bits per heavy atom. The molecular formula is C9H11N3O2. The van der Waals surface area contributed by atoms with Gasteiger partial charge in [-0.2, -0.15) is 0 Å². The van der Waals surface area contributed by atoms with Gasteiger partial charge in [-0.05, 0) is 12.8 Å². The van der Waals surface area contributed by atoms with E-state index in [1.165, 1.54) is 4.68 Å². The van der Waals surface area contributed by atoms with E-state index in [0.29, 0.717) is 18.5 Å². The van der Waals surface area contributed by atoms with E-state index in [9.17, 15) is 9.59 Å². The summed E-state index contributed by atoms with van der Waals surface area (Å²) >= 11 is 0. The molecule has 0 bridgehead atoms. The number of ketones is 2. The van der Waals surface area contributed by atoms with Crippen LogP contribution in [0.2, 0.25) is 0 Å². The maximum Gasteiger partial charge on any atom is 0.195 e. The molecule has 0 aliphatic heterocycles. The topological polar surface area (TPSA) is 64.8 Å². The SMILES string of the molecule is Cn1cc(C(=O)C2CCCC2=O)nn1. The van der Waals surface area contributed by atoms with E-state index < -0.39 is 5.92 Å². The van der Waals surface area contributed by atoms with Crippen LogP contribution < -0.4 is 0 Å². The Hall–Kier alpha value is -1.52. The highest BCUT2D eigenvalue weighted by Crippen LogP contribution is 2.24. The summed E-state index contributed by atoms with van der Waals surface area (Å²) < 4.78 is 1.46. The average Bonchev–Trinajstić information content (AvgIpc) is 2.73. The third kappa shape index (κ3) is 1.45. The number of nitrogens with zero attached hydrogens (tertiary/aromatic N) is 3. The molecule has 0 aromatic carbocycles. The van der Waals surface area contributed by atoms with Crippen LogP contribution in [0.5, 0.6) is 0 Å². The fraction of sp³-hybridized carbons (Fsp3) is 0.556. The van der Waals surface area contributed by atoms with Crippen molar-refractivity contribution in [2.24, 2.45) is 13.0 Å². The molecule has 0 N–H and O–H groups in total. The summed E-state index contributed by atoms with van der Waals surface area (Å²) in [5.74, 6) is -0.604. The van der Waals surface area contributed by atoms with Crippen LogP contribution in [0.1, 0.15) is 29.8 Å². The van der Waals surface area contributed by atoms with Gasteiger partial charge >= 0.3 is 0 Å². The summed E-state index contributed by atoms with van der Waals surface area (Å²) in [5, 5.41) is 7.37. The zero-order valence-electron chi connectivity index (χ0n) is 7.93. The minimum atomic E-state index is -0.466. The first-order valence-corrected chi connectivity index (χ1v) is 4.62. The molecule has 0 amide bonds. The van der Waals surface area contributed by atoms with E-state index in [0.717, 1.165) is 6.42 Å². The molecule has 0 radical (unpaired) electrons. The maximum absolute atomic E-state index is 11.7. The fourth-order valence-corrected chi connectivity index (χ4v) is 1.73. The van der Waals surface area contributed by atoms with Gasteiger partial charge in [-0.25, -0.2) is 0 Å². The smallest absolute Gasteiger partial charge is 0.195 e. The molecule has 5 heteroatoms. The molecule has 1 heterocycles. The highest BCUT2D eigenvalue weighted by Gasteiger charge is 2.32. The Bertz CT molecular complexity index is 383. The normalized spacial score (nSPS) is 21.5. The zero-order valence-corrected chi connectivity index (χ0v) is 7.93. The quantitative estimate of drug-likeness (QED) is 0.502. The number of rotatable bonds is 2. The first kappa shape index (κ1) is 9.05. The molecule has 0 spiro atoms. The van der Waals surface area contributed by atoms with Crippen molar-refractivity contribution in [3.8, 4) is 0 Å². The summed E-state index contributed by atoms with van der Waals surface area (Å²) in [6, 6.07) is 0. The molecule has 1 aromatic heterocycles. The third-order valence-corrected chi connectivity index (χ3v) is 2.48. The van der Waals surface area contributed by atoms with Crippen LogP contribution in [0.25, 0.3) is 0 Å². The van der Waals surface area contributed by atoms with Crippen molar-refractivity contribution < 1.29 is 9.59 Å². The summed E-state index contributed by atoms with van der Waals surface area (Å²) in [6.45, 7) is 0. The van der Waals surface area contributed by atoms with Gasteiger partial charge in [0.1, 0.15) is 11.5 Å². The van der Waals surface area contributed by atoms with Crippen molar-refractivity contribution in [1.29, 1.82) is 0 Å². The van der Waals surface area contributed by atoms with Crippen molar-refractivity contribution in [3.63, 3.8) is 0 Å². The highest BCUT2D eigenvalue weighted by molar-refractivity contribution is 6.10. The first-order chi connectivity index (χ1) is 6.68. The molecule has 1 aliphatic rings. The Kier molecular flexibility index (Phi) is 2.15. The zero-order chi connectivity index (χ0) is 10.1. The van der Waals surface area contributed by atoms with Crippen molar-refractivity contribution >= 4 is 11.6 Å². The van der Waals surface area contributed by atoms with Gasteiger partial charge in [-0.15, -0.1) is 5.10 Å². The molecule has 14 heavy (non-hydrogen) atoms. The minimum Gasteiger partial charge on any atom is -0.299 e. The van der Waals surface area contributed by atoms with Gasteiger partial charge in [0.15, 0.2) is 5.78 Å². The number of aromatic nitrogens is 3. The van der Waals surface area contributed by atoms with E-state index in [1.54, 1.807) is 13.2 Å². The van der Waals surface area contributed by atoms with Crippen molar-refractivity contribution in [2.45, 2.75) is 19.3 Å². The number of hydrogen-bond acceptors (Lipinski definition) is 4. The van der Waals surface area contributed by atoms with Gasteiger partial charge < -0.3 is 0 Å². The lowest BCUT2D eigenvalue weighted by atomic mass is 10.00. The van der Waals surface area contributed by atoms with Gasteiger partial charge in [0.05, 0.1) is 12.1 Å². The lowest BCUT2D eigenvalue weighted by molar-refractivity contribution is -0.119. The van der Waals surface area contributed by atoms with Gasteiger partial charge in [0, 0.05) is 13.5 Å². The van der Waals surface area contributed by atoms with Gasteiger partial charge in [-0.1, -0.05) is 5.21 Å². The van der Waals surface area contributed by atoms with Crippen LogP contribution in [0.3, 0.4) is 0 Å². The summed E-state index contributed by atoms with van der Waals surface area (Å²) in [5.41, 5.74) is 0.299. The van der Waals surface area contributed by atoms with Crippen molar-refractivity contribution in [1.82, 2.24) is 15.0 Å². The molecule has 2 rings (SSSR count). The van der Waals surface area contributed by atoms with E-state index in [1.807, 2.05) is 0 Å². The Labute approximate surface area is 81.1 Å². The van der Waals surface area contributed by atoms with Crippen molar-refractivity contribution in [2.75, 3.05) is 0 Å². The molecule has 74 valence electrons. The largest absolute Gasteiger partial charge is 0.299 e. The molecule has 0 saturated heterocycles. The van der Waals surface area contributed by atoms with E-state index >= 15 is 0 Å². The third-order valence-electron chi connectivity index (χ3n) is 2.48. The van der Waals surface area contributed by atoms with Gasteiger partial charge in [0.25, 0.3) is 0 Å². The predicted octanol–water partition coefficient (Wildman–Crippen LogP) is 0.367. The van der Waals surface area contributed by atoms with Crippen LogP contribution in [0.15, 0.2) is 6.20 Å². The second-order valence-corrected chi connectivity index (χ2v) is 3.55. The lowest BCUT2D eigenvalue weighted by Gasteiger charge is -2.01. The molecule has 5 nitrogen and oxygen atoms in total. The second kappa shape index (κ2) is 3.32. The van der Waals surface area contributed by atoms with Crippen LogP contribution in [0.4, 0.5) is 0 Å². The minimum absolute atomic E-state index is 0.0423. The number of hydrogen-bond donors (Lipinski definition) is 0. The van der Waals surface area contributed by atoms with Gasteiger partial charge in [-0.3, -0.25) is 14.3 Å². The standard InChI is InChI=1S/C9H11N3O2/c1-12-5-7(10-11-12)9(14)6-3-2-4-8(6)13/h5-6H,2-4H2,1H3. The van der Waals surface area contributed by atoms with Crippen LogP contribution in [-0.4, -0.2) is 26.6 Å². The first-order valence-electron chi connectivity index (χ1n) is 4.62. The summed E-state index contributed by atoms with van der Waals surface area (Å²) in [4.78, 5) is 23.1. The molecule has 1 fully saturated rings. The van der Waals surface area contributed by atoms with E-state index in [2.05, 4.69) is 10.3 Å². The number of carbonyl (C=O) groups excluding carboxylic acids is 2. The molecule has 1 atom stereocenters. The Balaban J connectivity index is 2.19. The maximum atomic E-state index is 11.7. The molecular weight excluding hydrogens is 182 g/mol. The van der Waals surface area contributed by atoms with E-state index in [4.69, 9.17) is 0 Å². The fourth-order valence-electron chi connectivity index (χ4n) is 1.73. The molecule has 1 aromatic rings. The number of carbonyl (C=O) groups is 2. The number of Topliss-reactive ketones (excluding diaryl/α,β-unsaturated/α-hetero) is 2. The summed E-state index contributed by atoms with van der Waals surface area (Å²) in [6.07, 6.45) is 3.55. The number of aryl methyl sites for hydroxylation is 1. The highest BCUT2D eigenvalue weighted by atomic mass is 16.2. The van der Waals surface area contributed by atoms with Gasteiger partial charge in [0.2, 0.25) is 0 Å². The Morgan fingerprint density at radius 2 is 2.43 bits per heavy atom. The van der Waals surface area contributed by atoms with Crippen LogP contribution in [0, 0.1) is 5.92 Å². The average molecular weight is 193 g/mol. The van der Waals surface area contributed by atoms with Crippen molar-refractivity contribution in [3.05, 3.63) is 11.9 Å². The predicted molar refractivity (Wildman–Crippen MR) is 47.7 cm³/mol. The molecule has 1 saturated carbocycles. The Morgan fingerprint density at radius 1 is 1.64 bits per heavy atom. The lowest BCUT2D eigenvalue weighted by Crippen LogP contribution is -2.19. The monoisotopic (exact) mass is 193 g/mol. The molecule has 1 unspecified atom stereocenters. The van der Waals surface area contributed by atoms with Crippen LogP contribution >= 0.6 is 0 Å². The van der Waals surface area contributed by atoms with E-state index in [-0.39, 0.29) is 11.6 Å². The molecule has 1 aliphatic carbocycles. The van der Waals surface area contributed by atoms with Crippen LogP contribution in [-0.2, 0) is 11.8 Å². The second-order valence-electron chi connectivity index (χ2n) is 3.55.